The average molecular weight is 338 g/mol. The van der Waals surface area contributed by atoms with Crippen molar-refractivity contribution in [3.8, 4) is 0 Å². The van der Waals surface area contributed by atoms with Crippen molar-refractivity contribution in [2.75, 3.05) is 5.32 Å². The van der Waals surface area contributed by atoms with Crippen LogP contribution in [-0.2, 0) is 16.0 Å². The molecule has 1 aromatic rings. The van der Waals surface area contributed by atoms with Crippen molar-refractivity contribution >= 4 is 28.3 Å². The lowest BCUT2D eigenvalue weighted by atomic mass is 9.97. The Balaban J connectivity index is 1.80. The lowest BCUT2D eigenvalue weighted by molar-refractivity contribution is -0.138. The average Bonchev–Trinajstić information content (AvgIpc) is 2.92. The fourth-order valence-electron chi connectivity index (χ4n) is 3.06. The molecule has 1 saturated heterocycles. The molecule has 1 aliphatic rings. The van der Waals surface area contributed by atoms with Crippen LogP contribution in [0, 0.1) is 0 Å². The van der Waals surface area contributed by atoms with E-state index in [1.807, 2.05) is 4.90 Å². The highest BCUT2D eigenvalue weighted by Crippen LogP contribution is 2.23. The molecule has 1 aromatic heterocycles. The summed E-state index contributed by atoms with van der Waals surface area (Å²) in [5.74, 6) is -0.0985. The molecule has 0 unspecified atom stereocenters. The van der Waals surface area contributed by atoms with Gasteiger partial charge in [-0.2, -0.15) is 0 Å². The minimum absolute atomic E-state index is 0.0729. The van der Waals surface area contributed by atoms with E-state index < -0.39 is 0 Å². The van der Waals surface area contributed by atoms with Gasteiger partial charge in [0.1, 0.15) is 5.01 Å². The van der Waals surface area contributed by atoms with Gasteiger partial charge in [-0.15, -0.1) is 10.2 Å². The van der Waals surface area contributed by atoms with E-state index in [-0.39, 0.29) is 36.7 Å². The van der Waals surface area contributed by atoms with E-state index in [9.17, 15) is 9.59 Å². The number of hydrogen-bond donors (Lipinski definition) is 1. The van der Waals surface area contributed by atoms with Crippen molar-refractivity contribution in [1.82, 2.24) is 15.1 Å². The van der Waals surface area contributed by atoms with Gasteiger partial charge >= 0.3 is 0 Å². The van der Waals surface area contributed by atoms with E-state index in [0.29, 0.717) is 5.13 Å². The van der Waals surface area contributed by atoms with E-state index in [4.69, 9.17) is 0 Å². The second-order valence-electron chi connectivity index (χ2n) is 6.23. The minimum atomic E-state index is -0.171. The molecule has 2 amide bonds. The summed E-state index contributed by atoms with van der Waals surface area (Å²) in [6.45, 7) is 6.25. The standard InChI is InChI=1S/C16H26N4O2S/c1-4-6-14-18-19-16(23-14)17-13(21)9-10-15(22)20-11(2)7-5-8-12(20)3/h11-12H,4-10H2,1-3H3,(H,17,19,21)/t11-,12-/m0/s1. The molecule has 1 aliphatic heterocycles. The summed E-state index contributed by atoms with van der Waals surface area (Å²) in [5.41, 5.74) is 0. The van der Waals surface area contributed by atoms with Crippen LogP contribution in [0.3, 0.4) is 0 Å². The molecule has 0 saturated carbocycles. The summed E-state index contributed by atoms with van der Waals surface area (Å²) < 4.78 is 0. The van der Waals surface area contributed by atoms with E-state index in [0.717, 1.165) is 30.7 Å². The molecular weight excluding hydrogens is 312 g/mol. The molecule has 2 atom stereocenters. The largest absolute Gasteiger partial charge is 0.337 e. The van der Waals surface area contributed by atoms with Gasteiger partial charge in [0.2, 0.25) is 16.9 Å². The van der Waals surface area contributed by atoms with Gasteiger partial charge in [0.25, 0.3) is 0 Å². The number of aromatic nitrogens is 2. The van der Waals surface area contributed by atoms with Gasteiger partial charge in [0.05, 0.1) is 0 Å². The van der Waals surface area contributed by atoms with Crippen LogP contribution in [0.2, 0.25) is 0 Å². The van der Waals surface area contributed by atoms with Gasteiger partial charge in [0.15, 0.2) is 0 Å². The number of piperidine rings is 1. The number of rotatable bonds is 6. The first-order chi connectivity index (χ1) is 11.0. The monoisotopic (exact) mass is 338 g/mol. The first-order valence-electron chi connectivity index (χ1n) is 8.44. The fraction of sp³-hybridized carbons (Fsp3) is 0.750. The Labute approximate surface area is 141 Å². The van der Waals surface area contributed by atoms with E-state index in [2.05, 4.69) is 36.3 Å². The normalized spacial score (nSPS) is 21.3. The van der Waals surface area contributed by atoms with Crippen molar-refractivity contribution in [1.29, 1.82) is 0 Å². The third-order valence-electron chi connectivity index (χ3n) is 4.22. The van der Waals surface area contributed by atoms with Gasteiger partial charge in [0, 0.05) is 31.3 Å². The molecule has 0 aliphatic carbocycles. The quantitative estimate of drug-likeness (QED) is 0.865. The number of carbonyl (C=O) groups is 2. The Morgan fingerprint density at radius 3 is 2.57 bits per heavy atom. The summed E-state index contributed by atoms with van der Waals surface area (Å²) in [7, 11) is 0. The molecule has 2 rings (SSSR count). The predicted octanol–water partition coefficient (Wildman–Crippen LogP) is 3.00. The van der Waals surface area contributed by atoms with Crippen molar-refractivity contribution in [2.45, 2.75) is 77.8 Å². The molecule has 1 fully saturated rings. The molecule has 1 N–H and O–H groups in total. The third-order valence-corrected chi connectivity index (χ3v) is 5.12. The lowest BCUT2D eigenvalue weighted by Crippen LogP contribution is -2.47. The van der Waals surface area contributed by atoms with Crippen LogP contribution in [0.4, 0.5) is 5.13 Å². The number of hydrogen-bond acceptors (Lipinski definition) is 5. The number of carbonyl (C=O) groups excluding carboxylic acids is 2. The van der Waals surface area contributed by atoms with Crippen molar-refractivity contribution < 1.29 is 9.59 Å². The van der Waals surface area contributed by atoms with Gasteiger partial charge in [-0.25, -0.2) is 0 Å². The zero-order valence-electron chi connectivity index (χ0n) is 14.2. The van der Waals surface area contributed by atoms with Crippen LogP contribution in [0.15, 0.2) is 0 Å². The maximum atomic E-state index is 12.4. The van der Waals surface area contributed by atoms with Crippen molar-refractivity contribution in [3.05, 3.63) is 5.01 Å². The molecule has 7 heteroatoms. The summed E-state index contributed by atoms with van der Waals surface area (Å²) in [6, 6.07) is 0.545. The zero-order valence-corrected chi connectivity index (χ0v) is 15.0. The van der Waals surface area contributed by atoms with E-state index in [1.165, 1.54) is 17.8 Å². The number of aryl methyl sites for hydroxylation is 1. The zero-order chi connectivity index (χ0) is 16.8. The maximum absolute atomic E-state index is 12.4. The highest BCUT2D eigenvalue weighted by molar-refractivity contribution is 7.15. The second kappa shape index (κ2) is 8.38. The van der Waals surface area contributed by atoms with Crippen LogP contribution in [0.5, 0.6) is 0 Å². The van der Waals surface area contributed by atoms with Crippen LogP contribution in [0.25, 0.3) is 0 Å². The number of anilines is 1. The summed E-state index contributed by atoms with van der Waals surface area (Å²) in [4.78, 5) is 26.3. The van der Waals surface area contributed by atoms with Crippen molar-refractivity contribution in [2.24, 2.45) is 0 Å². The van der Waals surface area contributed by atoms with Crippen LogP contribution >= 0.6 is 11.3 Å². The van der Waals surface area contributed by atoms with Gasteiger partial charge < -0.3 is 10.2 Å². The Morgan fingerprint density at radius 1 is 1.22 bits per heavy atom. The molecule has 0 bridgehead atoms. The van der Waals surface area contributed by atoms with Crippen molar-refractivity contribution in [3.63, 3.8) is 0 Å². The minimum Gasteiger partial charge on any atom is -0.337 e. The Bertz CT molecular complexity index is 536. The molecule has 2 heterocycles. The Kier molecular flexibility index (Phi) is 6.50. The number of amides is 2. The highest BCUT2D eigenvalue weighted by Gasteiger charge is 2.28. The molecule has 0 spiro atoms. The SMILES string of the molecule is CCCc1nnc(NC(=O)CCC(=O)N2[C@@H](C)CCC[C@@H]2C)s1. The summed E-state index contributed by atoms with van der Waals surface area (Å²) in [5, 5.41) is 12.2. The van der Waals surface area contributed by atoms with Gasteiger partial charge in [-0.1, -0.05) is 18.3 Å². The predicted molar refractivity (Wildman–Crippen MR) is 91.4 cm³/mol. The Hall–Kier alpha value is -1.50. The van der Waals surface area contributed by atoms with Crippen LogP contribution in [-0.4, -0.2) is 39.0 Å². The molecule has 23 heavy (non-hydrogen) atoms. The van der Waals surface area contributed by atoms with E-state index >= 15 is 0 Å². The smallest absolute Gasteiger partial charge is 0.226 e. The van der Waals surface area contributed by atoms with Crippen LogP contribution in [0.1, 0.15) is 64.3 Å². The van der Waals surface area contributed by atoms with Crippen LogP contribution < -0.4 is 5.32 Å². The van der Waals surface area contributed by atoms with Gasteiger partial charge in [-0.3, -0.25) is 9.59 Å². The molecule has 0 radical (unpaired) electrons. The topological polar surface area (TPSA) is 75.2 Å². The second-order valence-corrected chi connectivity index (χ2v) is 7.29. The van der Waals surface area contributed by atoms with E-state index in [1.54, 1.807) is 0 Å². The Morgan fingerprint density at radius 2 is 1.91 bits per heavy atom. The molecule has 0 aromatic carbocycles. The highest BCUT2D eigenvalue weighted by atomic mass is 32.1. The maximum Gasteiger partial charge on any atom is 0.226 e. The molecular formula is C16H26N4O2S. The van der Waals surface area contributed by atoms with Gasteiger partial charge in [-0.05, 0) is 39.5 Å². The molecule has 6 nitrogen and oxygen atoms in total. The number of nitrogens with zero attached hydrogens (tertiary/aromatic N) is 3. The number of likely N-dealkylation sites (tertiary alicyclic amines) is 1. The lowest BCUT2D eigenvalue weighted by Gasteiger charge is -2.39. The first kappa shape index (κ1) is 17.8. The first-order valence-corrected chi connectivity index (χ1v) is 9.26. The summed E-state index contributed by atoms with van der Waals surface area (Å²) >= 11 is 1.40. The molecule has 128 valence electrons. The summed E-state index contributed by atoms with van der Waals surface area (Å²) in [6.07, 6.45) is 5.59. The third kappa shape index (κ3) is 4.99. The fourth-order valence-corrected chi connectivity index (χ4v) is 3.92. The number of nitrogens with one attached hydrogen (secondary N) is 1.